The van der Waals surface area contributed by atoms with Crippen molar-refractivity contribution in [2.45, 2.75) is 0 Å². The number of furan rings is 1. The Labute approximate surface area is 294 Å². The van der Waals surface area contributed by atoms with Crippen LogP contribution in [0.3, 0.4) is 0 Å². The van der Waals surface area contributed by atoms with Gasteiger partial charge in [-0.15, -0.1) is 0 Å². The molecule has 0 aliphatic heterocycles. The lowest BCUT2D eigenvalue weighted by Crippen LogP contribution is -2.01. The van der Waals surface area contributed by atoms with Crippen molar-refractivity contribution in [3.05, 3.63) is 176 Å². The topological polar surface area (TPSA) is 51.8 Å². The zero-order valence-corrected chi connectivity index (χ0v) is 27.5. The van der Waals surface area contributed by atoms with E-state index in [1.54, 1.807) is 0 Å². The average molecular weight is 652 g/mol. The highest BCUT2D eigenvalue weighted by Crippen LogP contribution is 2.37. The summed E-state index contributed by atoms with van der Waals surface area (Å²) in [5, 5.41) is 6.70. The molecule has 2 aromatic heterocycles. The van der Waals surface area contributed by atoms with E-state index in [0.717, 1.165) is 77.0 Å². The van der Waals surface area contributed by atoms with Gasteiger partial charge in [-0.2, -0.15) is 0 Å². The largest absolute Gasteiger partial charge is 0.456 e. The van der Waals surface area contributed by atoms with Crippen molar-refractivity contribution in [1.29, 1.82) is 0 Å². The molecule has 238 valence electrons. The van der Waals surface area contributed by atoms with E-state index in [0.29, 0.717) is 17.5 Å². The molecule has 0 saturated heterocycles. The lowest BCUT2D eigenvalue weighted by Gasteiger charge is -2.13. The summed E-state index contributed by atoms with van der Waals surface area (Å²) in [6.07, 6.45) is 0. The van der Waals surface area contributed by atoms with E-state index in [2.05, 4.69) is 152 Å². The molecule has 0 fully saturated rings. The van der Waals surface area contributed by atoms with Gasteiger partial charge < -0.3 is 4.42 Å². The third kappa shape index (κ3) is 5.22. The first kappa shape index (κ1) is 29.0. The highest BCUT2D eigenvalue weighted by Gasteiger charge is 2.17. The van der Waals surface area contributed by atoms with E-state index >= 15 is 0 Å². The van der Waals surface area contributed by atoms with Gasteiger partial charge in [0, 0.05) is 27.5 Å². The van der Waals surface area contributed by atoms with Crippen molar-refractivity contribution in [2.24, 2.45) is 0 Å². The number of hydrogen-bond donors (Lipinski definition) is 0. The number of hydrogen-bond acceptors (Lipinski definition) is 4. The molecule has 0 atom stereocenters. The Morgan fingerprint density at radius 3 is 1.71 bits per heavy atom. The van der Waals surface area contributed by atoms with E-state index in [-0.39, 0.29) is 0 Å². The second-order valence-corrected chi connectivity index (χ2v) is 12.9. The summed E-state index contributed by atoms with van der Waals surface area (Å²) < 4.78 is 6.19. The highest BCUT2D eigenvalue weighted by atomic mass is 16.3. The molecular formula is C47H29N3O. The summed E-state index contributed by atoms with van der Waals surface area (Å²) in [5.74, 6) is 1.87. The Morgan fingerprint density at radius 2 is 0.902 bits per heavy atom. The smallest absolute Gasteiger partial charge is 0.164 e. The van der Waals surface area contributed by atoms with Crippen molar-refractivity contribution in [2.75, 3.05) is 0 Å². The van der Waals surface area contributed by atoms with Gasteiger partial charge in [-0.25, -0.2) is 15.0 Å². The van der Waals surface area contributed by atoms with Crippen LogP contribution in [0.2, 0.25) is 0 Å². The molecule has 0 N–H and O–H groups in total. The standard InChI is InChI=1S/C47H29N3O/c1-3-12-30(13-4-1)32-17-11-18-35(24-32)45-48-46(36-23-22-33-29-44-42(27-37(33)26-36)40-20-9-10-21-43(40)51-44)50-47(49-45)38-25-34-16-7-8-19-39(34)41(28-38)31-14-5-2-6-15-31/h1-29H. The molecule has 4 heteroatoms. The number of aromatic nitrogens is 3. The molecule has 4 nitrogen and oxygen atoms in total. The van der Waals surface area contributed by atoms with Crippen molar-refractivity contribution < 1.29 is 4.42 Å². The minimum Gasteiger partial charge on any atom is -0.456 e. The Morgan fingerprint density at radius 1 is 0.294 bits per heavy atom. The molecule has 0 aliphatic rings. The Kier molecular flexibility index (Phi) is 6.78. The van der Waals surface area contributed by atoms with E-state index in [4.69, 9.17) is 19.4 Å². The molecule has 51 heavy (non-hydrogen) atoms. The number of rotatable bonds is 5. The minimum absolute atomic E-state index is 0.619. The summed E-state index contributed by atoms with van der Waals surface area (Å²) in [4.78, 5) is 15.5. The lowest BCUT2D eigenvalue weighted by atomic mass is 9.95. The second-order valence-electron chi connectivity index (χ2n) is 12.9. The fourth-order valence-electron chi connectivity index (χ4n) is 7.14. The van der Waals surface area contributed by atoms with Gasteiger partial charge in [0.05, 0.1) is 0 Å². The van der Waals surface area contributed by atoms with Crippen LogP contribution in [0.15, 0.2) is 180 Å². The maximum Gasteiger partial charge on any atom is 0.164 e. The van der Waals surface area contributed by atoms with Gasteiger partial charge in [0.1, 0.15) is 11.2 Å². The zero-order chi connectivity index (χ0) is 33.7. The van der Waals surface area contributed by atoms with Crippen LogP contribution in [0, 0.1) is 0 Å². The van der Waals surface area contributed by atoms with Crippen molar-refractivity contribution in [3.63, 3.8) is 0 Å². The van der Waals surface area contributed by atoms with E-state index in [1.165, 1.54) is 5.39 Å². The van der Waals surface area contributed by atoms with Crippen LogP contribution in [0.25, 0.3) is 99.9 Å². The predicted molar refractivity (Wildman–Crippen MR) is 209 cm³/mol. The molecule has 0 bridgehead atoms. The average Bonchev–Trinajstić information content (AvgIpc) is 3.57. The van der Waals surface area contributed by atoms with Crippen LogP contribution in [0.1, 0.15) is 0 Å². The summed E-state index contributed by atoms with van der Waals surface area (Å²) in [5.41, 5.74) is 9.08. The molecule has 8 aromatic carbocycles. The number of fused-ring (bicyclic) bond motifs is 5. The molecule has 10 aromatic rings. The Hall–Kier alpha value is -6.91. The van der Waals surface area contributed by atoms with Crippen molar-refractivity contribution >= 4 is 43.5 Å². The molecule has 10 rings (SSSR count). The van der Waals surface area contributed by atoms with Gasteiger partial charge in [0.25, 0.3) is 0 Å². The fourth-order valence-corrected chi connectivity index (χ4v) is 7.14. The molecular weight excluding hydrogens is 623 g/mol. The molecule has 0 saturated carbocycles. The van der Waals surface area contributed by atoms with Crippen LogP contribution in [-0.2, 0) is 0 Å². The number of para-hydroxylation sites is 1. The molecule has 2 heterocycles. The normalized spacial score (nSPS) is 11.5. The minimum atomic E-state index is 0.619. The third-order valence-electron chi connectivity index (χ3n) is 9.66. The van der Waals surface area contributed by atoms with Crippen LogP contribution in [0.5, 0.6) is 0 Å². The predicted octanol–water partition coefficient (Wildman–Crippen LogP) is 12.4. The SMILES string of the molecule is c1ccc(-c2cccc(-c3nc(-c4ccc5cc6oc7ccccc7c6cc5c4)nc(-c4cc(-c5ccccc5)c5ccccc5c4)n3)c2)cc1. The van der Waals surface area contributed by atoms with Gasteiger partial charge in [-0.3, -0.25) is 0 Å². The lowest BCUT2D eigenvalue weighted by molar-refractivity contribution is 0.669. The van der Waals surface area contributed by atoms with Gasteiger partial charge in [-0.1, -0.05) is 133 Å². The maximum absolute atomic E-state index is 6.19. The summed E-state index contributed by atoms with van der Waals surface area (Å²) in [6.45, 7) is 0. The first-order valence-corrected chi connectivity index (χ1v) is 17.1. The monoisotopic (exact) mass is 651 g/mol. The van der Waals surface area contributed by atoms with Crippen molar-refractivity contribution in [3.8, 4) is 56.4 Å². The molecule has 0 radical (unpaired) electrons. The van der Waals surface area contributed by atoms with Gasteiger partial charge in [0.2, 0.25) is 0 Å². The summed E-state index contributed by atoms with van der Waals surface area (Å²) in [6, 6.07) is 61.2. The highest BCUT2D eigenvalue weighted by molar-refractivity contribution is 6.10. The molecule has 0 amide bonds. The van der Waals surface area contributed by atoms with Crippen LogP contribution < -0.4 is 0 Å². The molecule has 0 unspecified atom stereocenters. The van der Waals surface area contributed by atoms with Gasteiger partial charge in [-0.05, 0) is 86.3 Å². The first-order chi connectivity index (χ1) is 25.2. The first-order valence-electron chi connectivity index (χ1n) is 17.1. The van der Waals surface area contributed by atoms with Crippen LogP contribution >= 0.6 is 0 Å². The third-order valence-corrected chi connectivity index (χ3v) is 9.66. The van der Waals surface area contributed by atoms with Crippen molar-refractivity contribution in [1.82, 2.24) is 15.0 Å². The zero-order valence-electron chi connectivity index (χ0n) is 27.5. The maximum atomic E-state index is 6.19. The van der Waals surface area contributed by atoms with E-state index in [9.17, 15) is 0 Å². The number of nitrogens with zero attached hydrogens (tertiary/aromatic N) is 3. The fraction of sp³-hybridized carbons (Fsp3) is 0. The number of benzene rings is 8. The van der Waals surface area contributed by atoms with Crippen LogP contribution in [-0.4, -0.2) is 15.0 Å². The molecule has 0 aliphatic carbocycles. The van der Waals surface area contributed by atoms with E-state index in [1.807, 2.05) is 24.3 Å². The molecule has 0 spiro atoms. The summed E-state index contributed by atoms with van der Waals surface area (Å²) in [7, 11) is 0. The summed E-state index contributed by atoms with van der Waals surface area (Å²) >= 11 is 0. The van der Waals surface area contributed by atoms with Gasteiger partial charge >= 0.3 is 0 Å². The van der Waals surface area contributed by atoms with Gasteiger partial charge in [0.15, 0.2) is 17.5 Å². The Balaban J connectivity index is 1.19. The second kappa shape index (κ2) is 11.9. The van der Waals surface area contributed by atoms with Crippen LogP contribution in [0.4, 0.5) is 0 Å². The van der Waals surface area contributed by atoms with E-state index < -0.39 is 0 Å². The quantitative estimate of drug-likeness (QED) is 0.186. The Bertz CT molecular complexity index is 2910.